The van der Waals surface area contributed by atoms with Gasteiger partial charge < -0.3 is 20.9 Å². The maximum Gasteiger partial charge on any atom is 0.325 e. The average molecular weight is 522 g/mol. The number of rotatable bonds is 8. The molecular weight excluding hydrogens is 490 g/mol. The molecule has 1 aromatic carbocycles. The number of carbonyl (C=O) groups excluding carboxylic acids is 3. The summed E-state index contributed by atoms with van der Waals surface area (Å²) in [4.78, 5) is 47.9. The fraction of sp³-hybridized carbons (Fsp3) is 0.423. The van der Waals surface area contributed by atoms with E-state index in [0.29, 0.717) is 25.6 Å². The van der Waals surface area contributed by atoms with E-state index in [1.165, 1.54) is 4.90 Å². The van der Waals surface area contributed by atoms with Gasteiger partial charge in [0.25, 0.3) is 5.91 Å². The Morgan fingerprint density at radius 2 is 2.00 bits per heavy atom. The van der Waals surface area contributed by atoms with Crippen molar-refractivity contribution in [2.45, 2.75) is 38.8 Å². The summed E-state index contributed by atoms with van der Waals surface area (Å²) in [5.41, 5.74) is 0.985. The van der Waals surface area contributed by atoms with E-state index in [-0.39, 0.29) is 23.8 Å². The number of benzene rings is 1. The molecule has 2 aliphatic rings. The quantitative estimate of drug-likeness (QED) is 0.336. The number of hydrogen-bond donors (Lipinski definition) is 4. The number of piperidine rings is 1. The van der Waals surface area contributed by atoms with Gasteiger partial charge in [-0.3, -0.25) is 14.9 Å². The normalized spacial score (nSPS) is 17.7. The van der Waals surface area contributed by atoms with E-state index in [0.717, 1.165) is 52.2 Å². The first kappa shape index (κ1) is 25.1. The number of urea groups is 1. The lowest BCUT2D eigenvalue weighted by Gasteiger charge is -2.27. The van der Waals surface area contributed by atoms with Gasteiger partial charge in [0, 0.05) is 36.4 Å². The molecule has 194 valence electrons. The highest BCUT2D eigenvalue weighted by Crippen LogP contribution is 2.33. The van der Waals surface area contributed by atoms with Crippen LogP contribution in [0, 0.1) is 5.92 Å². The summed E-state index contributed by atoms with van der Waals surface area (Å²) in [5.74, 6) is 0.391. The molecule has 3 aromatic rings. The molecule has 37 heavy (non-hydrogen) atoms. The summed E-state index contributed by atoms with van der Waals surface area (Å²) in [5, 5.41) is 13.0. The number of amides is 4. The summed E-state index contributed by atoms with van der Waals surface area (Å²) in [7, 11) is 0. The predicted molar refractivity (Wildman–Crippen MR) is 143 cm³/mol. The second kappa shape index (κ2) is 10.4. The first-order valence-corrected chi connectivity index (χ1v) is 13.3. The third-order valence-corrected chi connectivity index (χ3v) is 8.12. The van der Waals surface area contributed by atoms with Gasteiger partial charge in [-0.05, 0) is 75.0 Å². The fourth-order valence-electron chi connectivity index (χ4n) is 4.68. The van der Waals surface area contributed by atoms with Crippen molar-refractivity contribution in [2.24, 2.45) is 5.92 Å². The molecule has 0 aliphatic carbocycles. The summed E-state index contributed by atoms with van der Waals surface area (Å²) in [6.45, 7) is 6.51. The van der Waals surface area contributed by atoms with Crippen molar-refractivity contribution < 1.29 is 14.4 Å². The average Bonchev–Trinajstić information content (AvgIpc) is 3.41. The topological polar surface area (TPSA) is 128 Å². The number of nitrogens with one attached hydrogen (secondary N) is 4. The summed E-state index contributed by atoms with van der Waals surface area (Å²) >= 11 is 1.65. The van der Waals surface area contributed by atoms with Gasteiger partial charge in [-0.1, -0.05) is 6.07 Å². The fourth-order valence-corrected chi connectivity index (χ4v) is 5.70. The maximum atomic E-state index is 12.5. The first-order chi connectivity index (χ1) is 17.8. The van der Waals surface area contributed by atoms with Gasteiger partial charge in [0.1, 0.15) is 5.54 Å². The van der Waals surface area contributed by atoms with Gasteiger partial charge in [-0.15, -0.1) is 11.3 Å². The first-order valence-electron chi connectivity index (χ1n) is 12.5. The van der Waals surface area contributed by atoms with E-state index >= 15 is 0 Å². The van der Waals surface area contributed by atoms with Gasteiger partial charge >= 0.3 is 6.03 Å². The lowest BCUT2D eigenvalue weighted by Crippen LogP contribution is -2.46. The Hall–Kier alpha value is -3.57. The Kier molecular flexibility index (Phi) is 7.07. The van der Waals surface area contributed by atoms with Gasteiger partial charge in [0.2, 0.25) is 11.9 Å². The van der Waals surface area contributed by atoms with Crippen LogP contribution in [-0.4, -0.2) is 64.4 Å². The third-order valence-electron chi connectivity index (χ3n) is 6.98. The number of fused-ring (bicyclic) bond motifs is 1. The van der Waals surface area contributed by atoms with Crippen LogP contribution in [-0.2, 0) is 16.1 Å². The van der Waals surface area contributed by atoms with Crippen molar-refractivity contribution in [2.75, 3.05) is 31.5 Å². The molecule has 4 heterocycles. The van der Waals surface area contributed by atoms with E-state index < -0.39 is 5.54 Å². The van der Waals surface area contributed by atoms with Crippen molar-refractivity contribution in [3.05, 3.63) is 42.1 Å². The predicted octanol–water partition coefficient (Wildman–Crippen LogP) is 2.72. The zero-order valence-corrected chi connectivity index (χ0v) is 21.8. The van der Waals surface area contributed by atoms with Gasteiger partial charge in [-0.25, -0.2) is 14.8 Å². The Labute approximate surface area is 219 Å². The zero-order valence-electron chi connectivity index (χ0n) is 21.0. The third kappa shape index (κ3) is 5.42. The number of nitrogens with zero attached hydrogens (tertiary/aromatic N) is 3. The monoisotopic (exact) mass is 521 g/mol. The Morgan fingerprint density at radius 3 is 2.76 bits per heavy atom. The Morgan fingerprint density at radius 1 is 1.19 bits per heavy atom. The number of hydrogen-bond acceptors (Lipinski definition) is 8. The van der Waals surface area contributed by atoms with E-state index in [1.807, 2.05) is 6.07 Å². The second-order valence-electron chi connectivity index (χ2n) is 9.89. The minimum atomic E-state index is -0.881. The molecule has 0 radical (unpaired) electrons. The molecule has 11 heteroatoms. The van der Waals surface area contributed by atoms with E-state index in [9.17, 15) is 14.4 Å². The molecule has 2 aliphatic heterocycles. The Balaban J connectivity index is 1.21. The minimum Gasteiger partial charge on any atom is -0.352 e. The molecular formula is C26H31N7O3S. The van der Waals surface area contributed by atoms with E-state index in [1.54, 1.807) is 31.4 Å². The molecule has 0 bridgehead atoms. The van der Waals surface area contributed by atoms with Crippen LogP contribution in [0.3, 0.4) is 0 Å². The molecule has 0 atom stereocenters. The van der Waals surface area contributed by atoms with Gasteiger partial charge in [0.05, 0.1) is 10.6 Å². The molecule has 2 aromatic heterocycles. The molecule has 2 saturated heterocycles. The zero-order chi connectivity index (χ0) is 26.0. The van der Waals surface area contributed by atoms with Crippen LogP contribution in [0.25, 0.3) is 20.7 Å². The number of carbonyl (C=O) groups is 3. The van der Waals surface area contributed by atoms with Crippen LogP contribution in [0.5, 0.6) is 0 Å². The Bertz CT molecular complexity index is 1330. The summed E-state index contributed by atoms with van der Waals surface area (Å²) < 4.78 is 1.14. The second-order valence-corrected chi connectivity index (χ2v) is 11.0. The van der Waals surface area contributed by atoms with E-state index in [2.05, 4.69) is 55.5 Å². The highest BCUT2D eigenvalue weighted by atomic mass is 32.1. The van der Waals surface area contributed by atoms with Crippen molar-refractivity contribution in [1.82, 2.24) is 30.8 Å². The van der Waals surface area contributed by atoms with Crippen molar-refractivity contribution in [1.29, 1.82) is 0 Å². The minimum absolute atomic E-state index is 0.0970. The number of thiophene rings is 1. The molecule has 5 rings (SSSR count). The SMILES string of the molecule is CC1(C)C(=O)NC(=O)N1CCNc1nccc(-c2cc3cc(CNC(=O)C4CCNCC4)ccc3s2)n1. The summed E-state index contributed by atoms with van der Waals surface area (Å²) in [6.07, 6.45) is 3.48. The van der Waals surface area contributed by atoms with Crippen LogP contribution < -0.4 is 21.3 Å². The van der Waals surface area contributed by atoms with Crippen LogP contribution in [0.1, 0.15) is 32.3 Å². The van der Waals surface area contributed by atoms with Crippen LogP contribution in [0.2, 0.25) is 0 Å². The van der Waals surface area contributed by atoms with Crippen LogP contribution in [0.15, 0.2) is 36.5 Å². The van der Waals surface area contributed by atoms with E-state index in [4.69, 9.17) is 0 Å². The van der Waals surface area contributed by atoms with Crippen LogP contribution in [0.4, 0.5) is 10.7 Å². The molecule has 10 nitrogen and oxygen atoms in total. The molecule has 4 N–H and O–H groups in total. The smallest absolute Gasteiger partial charge is 0.325 e. The molecule has 2 fully saturated rings. The molecule has 4 amide bonds. The van der Waals surface area contributed by atoms with Gasteiger partial charge in [-0.2, -0.15) is 0 Å². The maximum absolute atomic E-state index is 12.5. The number of anilines is 1. The van der Waals surface area contributed by atoms with Crippen LogP contribution >= 0.6 is 11.3 Å². The molecule has 0 spiro atoms. The molecule has 0 saturated carbocycles. The highest BCUT2D eigenvalue weighted by molar-refractivity contribution is 7.22. The standard InChI is InChI=1S/C26H31N7O3S/c1-26(2)23(35)32-25(36)33(26)12-11-29-24-28-10-7-19(31-24)21-14-18-13-16(3-4-20(18)37-21)15-30-22(34)17-5-8-27-9-6-17/h3-4,7,10,13-14,17,27H,5-6,8-9,11-12,15H2,1-2H3,(H,30,34)(H,28,29,31)(H,32,35,36). The van der Waals surface area contributed by atoms with Crippen molar-refractivity contribution >= 4 is 45.2 Å². The highest BCUT2D eigenvalue weighted by Gasteiger charge is 2.45. The number of aromatic nitrogens is 2. The van der Waals surface area contributed by atoms with Crippen molar-refractivity contribution in [3.8, 4) is 10.6 Å². The largest absolute Gasteiger partial charge is 0.352 e. The lowest BCUT2D eigenvalue weighted by atomic mass is 9.97. The summed E-state index contributed by atoms with van der Waals surface area (Å²) in [6, 6.07) is 9.84. The lowest BCUT2D eigenvalue weighted by molar-refractivity contribution is -0.126. The van der Waals surface area contributed by atoms with Crippen molar-refractivity contribution in [3.63, 3.8) is 0 Å². The molecule has 0 unspecified atom stereocenters. The number of imide groups is 1. The van der Waals surface area contributed by atoms with Gasteiger partial charge in [0.15, 0.2) is 0 Å².